The lowest BCUT2D eigenvalue weighted by molar-refractivity contribution is -0.137. The lowest BCUT2D eigenvalue weighted by Gasteiger charge is -2.30. The molecule has 1 aliphatic carbocycles. The molecular weight excluding hydrogens is 266 g/mol. The van der Waals surface area contributed by atoms with Crippen LogP contribution < -0.4 is 0 Å². The first kappa shape index (κ1) is 14.0. The van der Waals surface area contributed by atoms with Gasteiger partial charge in [-0.3, -0.25) is 4.79 Å². The molecule has 0 saturated heterocycles. The van der Waals surface area contributed by atoms with Crippen LogP contribution in [0.2, 0.25) is 0 Å². The van der Waals surface area contributed by atoms with Gasteiger partial charge in [0.2, 0.25) is 0 Å². The molecule has 5 nitrogen and oxygen atoms in total. The molecule has 1 aliphatic rings. The summed E-state index contributed by atoms with van der Waals surface area (Å²) >= 11 is 0. The molecule has 0 radical (unpaired) electrons. The highest BCUT2D eigenvalue weighted by atomic mass is 16.4. The highest BCUT2D eigenvalue weighted by Gasteiger charge is 2.27. The summed E-state index contributed by atoms with van der Waals surface area (Å²) in [6.45, 7) is 0. The van der Waals surface area contributed by atoms with E-state index in [1.807, 2.05) is 28.9 Å². The van der Waals surface area contributed by atoms with Crippen LogP contribution in [0.5, 0.6) is 0 Å². The fraction of sp³-hybridized carbons (Fsp3) is 0.562. The number of hydrogen-bond acceptors (Lipinski definition) is 3. The van der Waals surface area contributed by atoms with Gasteiger partial charge in [-0.25, -0.2) is 4.68 Å². The zero-order valence-electron chi connectivity index (χ0n) is 12.1. The number of rotatable bonds is 5. The van der Waals surface area contributed by atoms with Gasteiger partial charge in [-0.2, -0.15) is 0 Å². The molecule has 3 rings (SSSR count). The van der Waals surface area contributed by atoms with Crippen LogP contribution in [0.3, 0.4) is 0 Å². The van der Waals surface area contributed by atoms with Crippen molar-refractivity contribution in [2.24, 2.45) is 5.92 Å². The maximum atomic E-state index is 11.0. The molecule has 1 atom stereocenters. The number of carbonyl (C=O) groups is 1. The molecule has 1 N–H and O–H groups in total. The second-order valence-corrected chi connectivity index (χ2v) is 5.92. The molecule has 5 heteroatoms. The van der Waals surface area contributed by atoms with Crippen LogP contribution in [0.1, 0.15) is 51.0 Å². The van der Waals surface area contributed by atoms with E-state index in [1.165, 1.54) is 32.1 Å². The van der Waals surface area contributed by atoms with E-state index < -0.39 is 5.97 Å². The van der Waals surface area contributed by atoms with Crippen LogP contribution >= 0.6 is 0 Å². The van der Waals surface area contributed by atoms with Crippen LogP contribution in [-0.4, -0.2) is 26.1 Å². The summed E-state index contributed by atoms with van der Waals surface area (Å²) in [6.07, 6.45) is 6.92. The van der Waals surface area contributed by atoms with Gasteiger partial charge >= 0.3 is 5.97 Å². The standard InChI is InChI=1S/C16H21N3O2/c20-16(21)11-10-14(12-6-2-1-3-7-12)19-15-9-5-4-8-13(15)17-18-19/h4-5,8-9,12,14H,1-3,6-7,10-11H2,(H,20,21). The van der Waals surface area contributed by atoms with Gasteiger partial charge < -0.3 is 5.11 Å². The quantitative estimate of drug-likeness (QED) is 0.915. The van der Waals surface area contributed by atoms with Gasteiger partial charge in [0.15, 0.2) is 0 Å². The highest BCUT2D eigenvalue weighted by molar-refractivity contribution is 5.74. The van der Waals surface area contributed by atoms with Crippen molar-refractivity contribution in [3.8, 4) is 0 Å². The molecule has 1 heterocycles. The van der Waals surface area contributed by atoms with Crippen molar-refractivity contribution in [2.45, 2.75) is 51.0 Å². The van der Waals surface area contributed by atoms with Crippen LogP contribution in [-0.2, 0) is 4.79 Å². The number of hydrogen-bond donors (Lipinski definition) is 1. The summed E-state index contributed by atoms with van der Waals surface area (Å²) in [5.41, 5.74) is 1.90. The largest absolute Gasteiger partial charge is 0.481 e. The Kier molecular flexibility index (Phi) is 4.18. The van der Waals surface area contributed by atoms with Crippen molar-refractivity contribution >= 4 is 17.0 Å². The third-order valence-corrected chi connectivity index (χ3v) is 4.54. The molecule has 0 amide bonds. The van der Waals surface area contributed by atoms with Gasteiger partial charge in [0.05, 0.1) is 11.6 Å². The minimum atomic E-state index is -0.736. The van der Waals surface area contributed by atoms with Crippen molar-refractivity contribution in [2.75, 3.05) is 0 Å². The molecular formula is C16H21N3O2. The third kappa shape index (κ3) is 3.06. The van der Waals surface area contributed by atoms with Crippen molar-refractivity contribution in [3.05, 3.63) is 24.3 Å². The first-order chi connectivity index (χ1) is 10.3. The van der Waals surface area contributed by atoms with Gasteiger partial charge in [0.1, 0.15) is 5.52 Å². The summed E-state index contributed by atoms with van der Waals surface area (Å²) in [6, 6.07) is 8.06. The summed E-state index contributed by atoms with van der Waals surface area (Å²) in [4.78, 5) is 11.0. The van der Waals surface area contributed by atoms with Crippen molar-refractivity contribution in [1.29, 1.82) is 0 Å². The minimum Gasteiger partial charge on any atom is -0.481 e. The Labute approximate surface area is 124 Å². The number of para-hydroxylation sites is 1. The van der Waals surface area contributed by atoms with Crippen molar-refractivity contribution in [3.63, 3.8) is 0 Å². The second-order valence-electron chi connectivity index (χ2n) is 5.92. The number of aromatic nitrogens is 3. The normalized spacial score (nSPS) is 17.9. The Morgan fingerprint density at radius 3 is 2.81 bits per heavy atom. The van der Waals surface area contributed by atoms with Gasteiger partial charge in [0, 0.05) is 6.42 Å². The summed E-state index contributed by atoms with van der Waals surface area (Å²) < 4.78 is 1.97. The maximum Gasteiger partial charge on any atom is 0.303 e. The molecule has 1 saturated carbocycles. The Morgan fingerprint density at radius 1 is 1.29 bits per heavy atom. The Balaban J connectivity index is 1.91. The number of benzene rings is 1. The molecule has 2 aromatic rings. The minimum absolute atomic E-state index is 0.147. The van der Waals surface area contributed by atoms with E-state index >= 15 is 0 Å². The lowest BCUT2D eigenvalue weighted by Crippen LogP contribution is -2.23. The van der Waals surface area contributed by atoms with Gasteiger partial charge in [-0.15, -0.1) is 5.10 Å². The van der Waals surface area contributed by atoms with E-state index in [9.17, 15) is 4.79 Å². The number of aliphatic carboxylic acids is 1. The van der Waals surface area contributed by atoms with Crippen LogP contribution in [0.4, 0.5) is 0 Å². The fourth-order valence-corrected chi connectivity index (χ4v) is 3.48. The first-order valence-corrected chi connectivity index (χ1v) is 7.77. The van der Waals surface area contributed by atoms with Crippen LogP contribution in [0.25, 0.3) is 11.0 Å². The average molecular weight is 287 g/mol. The van der Waals surface area contributed by atoms with E-state index in [0.717, 1.165) is 11.0 Å². The summed E-state index contributed by atoms with van der Waals surface area (Å²) in [7, 11) is 0. The molecule has 21 heavy (non-hydrogen) atoms. The van der Waals surface area contributed by atoms with Crippen molar-refractivity contribution < 1.29 is 9.90 Å². The molecule has 1 unspecified atom stereocenters. The molecule has 1 aromatic carbocycles. The fourth-order valence-electron chi connectivity index (χ4n) is 3.48. The Morgan fingerprint density at radius 2 is 2.05 bits per heavy atom. The van der Waals surface area contributed by atoms with Gasteiger partial charge in [-0.05, 0) is 37.3 Å². The molecule has 112 valence electrons. The first-order valence-electron chi connectivity index (χ1n) is 7.77. The van der Waals surface area contributed by atoms with Crippen LogP contribution in [0.15, 0.2) is 24.3 Å². The second kappa shape index (κ2) is 6.24. The van der Waals surface area contributed by atoms with E-state index in [1.54, 1.807) is 0 Å². The van der Waals surface area contributed by atoms with Gasteiger partial charge in [0.25, 0.3) is 0 Å². The van der Waals surface area contributed by atoms with E-state index in [0.29, 0.717) is 12.3 Å². The molecule has 1 aromatic heterocycles. The smallest absolute Gasteiger partial charge is 0.303 e. The number of fused-ring (bicyclic) bond motifs is 1. The molecule has 0 spiro atoms. The van der Waals surface area contributed by atoms with Crippen molar-refractivity contribution in [1.82, 2.24) is 15.0 Å². The topological polar surface area (TPSA) is 68.0 Å². The summed E-state index contributed by atoms with van der Waals surface area (Å²) in [5.74, 6) is -0.219. The number of carboxylic acid groups (broad SMARTS) is 1. The third-order valence-electron chi connectivity index (χ3n) is 4.54. The highest BCUT2D eigenvalue weighted by Crippen LogP contribution is 2.36. The monoisotopic (exact) mass is 287 g/mol. The molecule has 0 aliphatic heterocycles. The zero-order valence-corrected chi connectivity index (χ0v) is 12.1. The Bertz CT molecular complexity index is 617. The number of nitrogens with zero attached hydrogens (tertiary/aromatic N) is 3. The SMILES string of the molecule is O=C(O)CCC(C1CCCCC1)n1nnc2ccccc21. The predicted molar refractivity (Wildman–Crippen MR) is 80.0 cm³/mol. The predicted octanol–water partition coefficient (Wildman–Crippen LogP) is 3.42. The maximum absolute atomic E-state index is 11.0. The Hall–Kier alpha value is -1.91. The van der Waals surface area contributed by atoms with Crippen LogP contribution in [0, 0.1) is 5.92 Å². The van der Waals surface area contributed by atoms with E-state index in [-0.39, 0.29) is 12.5 Å². The van der Waals surface area contributed by atoms with Gasteiger partial charge in [-0.1, -0.05) is 36.6 Å². The van der Waals surface area contributed by atoms with E-state index in [2.05, 4.69) is 10.3 Å². The molecule has 0 bridgehead atoms. The lowest BCUT2D eigenvalue weighted by atomic mass is 9.82. The summed E-state index contributed by atoms with van der Waals surface area (Å²) in [5, 5.41) is 17.6. The average Bonchev–Trinajstić information content (AvgIpc) is 2.93. The number of carboxylic acids is 1. The van der Waals surface area contributed by atoms with E-state index in [4.69, 9.17) is 5.11 Å². The zero-order chi connectivity index (χ0) is 14.7. The molecule has 1 fully saturated rings.